The molecular formula is C20H23FN2O3S. The number of carbonyl (C=O) groups is 1. The molecule has 0 aromatic heterocycles. The van der Waals surface area contributed by atoms with E-state index in [1.165, 1.54) is 18.2 Å². The normalized spacial score (nSPS) is 18.0. The molecule has 0 radical (unpaired) electrons. The number of nitrogens with one attached hydrogen (secondary N) is 1. The maximum absolute atomic E-state index is 14.0. The minimum atomic E-state index is -4.08. The van der Waals surface area contributed by atoms with Crippen molar-refractivity contribution in [2.45, 2.75) is 43.5 Å². The van der Waals surface area contributed by atoms with Crippen LogP contribution in [0.15, 0.2) is 53.4 Å². The summed E-state index contributed by atoms with van der Waals surface area (Å²) < 4.78 is 40.9. The Morgan fingerprint density at radius 1 is 1.19 bits per heavy atom. The first kappa shape index (κ1) is 19.5. The summed E-state index contributed by atoms with van der Waals surface area (Å²) in [5.74, 6) is -0.896. The molecule has 2 aromatic rings. The molecule has 0 spiro atoms. The molecule has 1 fully saturated rings. The van der Waals surface area contributed by atoms with Crippen LogP contribution in [0, 0.1) is 5.82 Å². The Hall–Kier alpha value is -2.25. The molecule has 0 aliphatic carbocycles. The molecule has 0 bridgehead atoms. The predicted octanol–water partition coefficient (Wildman–Crippen LogP) is 3.74. The number of halogens is 1. The monoisotopic (exact) mass is 390 g/mol. The minimum Gasteiger partial charge on any atom is -0.325 e. The molecule has 1 N–H and O–H groups in total. The van der Waals surface area contributed by atoms with Gasteiger partial charge in [0.2, 0.25) is 15.9 Å². The average molecular weight is 390 g/mol. The van der Waals surface area contributed by atoms with Crippen molar-refractivity contribution >= 4 is 21.6 Å². The van der Waals surface area contributed by atoms with Crippen molar-refractivity contribution < 1.29 is 17.6 Å². The van der Waals surface area contributed by atoms with E-state index in [0.29, 0.717) is 24.4 Å². The second kappa shape index (κ2) is 7.78. The van der Waals surface area contributed by atoms with Gasteiger partial charge in [-0.15, -0.1) is 0 Å². The number of carbonyl (C=O) groups excluding carboxylic acids is 1. The maximum Gasteiger partial charge on any atom is 0.246 e. The van der Waals surface area contributed by atoms with Gasteiger partial charge in [0.05, 0.1) is 0 Å². The molecule has 2 aromatic carbocycles. The van der Waals surface area contributed by atoms with E-state index in [-0.39, 0.29) is 6.54 Å². The molecule has 1 saturated heterocycles. The van der Waals surface area contributed by atoms with Crippen molar-refractivity contribution in [1.29, 1.82) is 0 Å². The molecule has 1 amide bonds. The Kier molecular flexibility index (Phi) is 5.62. The van der Waals surface area contributed by atoms with Crippen LogP contribution in [0.4, 0.5) is 10.1 Å². The van der Waals surface area contributed by atoms with Crippen LogP contribution in [0.5, 0.6) is 0 Å². The Labute approximate surface area is 159 Å². The van der Waals surface area contributed by atoms with E-state index in [1.54, 1.807) is 6.07 Å². The second-order valence-electron chi connectivity index (χ2n) is 6.97. The molecule has 3 rings (SSSR count). The van der Waals surface area contributed by atoms with Gasteiger partial charge in [-0.25, -0.2) is 12.8 Å². The Morgan fingerprint density at radius 2 is 1.93 bits per heavy atom. The highest BCUT2D eigenvalue weighted by Crippen LogP contribution is 2.28. The zero-order valence-corrected chi connectivity index (χ0v) is 16.2. The molecule has 27 heavy (non-hydrogen) atoms. The highest BCUT2D eigenvalue weighted by atomic mass is 32.2. The summed E-state index contributed by atoms with van der Waals surface area (Å²) in [6.07, 6.45) is 0.960. The van der Waals surface area contributed by atoms with Crippen molar-refractivity contribution in [3.8, 4) is 0 Å². The fraction of sp³-hybridized carbons (Fsp3) is 0.350. The predicted molar refractivity (Wildman–Crippen MR) is 102 cm³/mol. The van der Waals surface area contributed by atoms with Crippen LogP contribution in [0.3, 0.4) is 0 Å². The lowest BCUT2D eigenvalue weighted by atomic mass is 10.0. The Balaban J connectivity index is 1.83. The van der Waals surface area contributed by atoms with E-state index in [9.17, 15) is 17.6 Å². The molecule has 7 heteroatoms. The highest BCUT2D eigenvalue weighted by molar-refractivity contribution is 7.89. The molecule has 144 valence electrons. The Morgan fingerprint density at radius 3 is 2.63 bits per heavy atom. The summed E-state index contributed by atoms with van der Waals surface area (Å²) in [5.41, 5.74) is 1.70. The van der Waals surface area contributed by atoms with Gasteiger partial charge in [0.15, 0.2) is 0 Å². The van der Waals surface area contributed by atoms with Crippen LogP contribution in [0.1, 0.15) is 38.2 Å². The first-order valence-corrected chi connectivity index (χ1v) is 10.4. The lowest BCUT2D eigenvalue weighted by molar-refractivity contribution is -0.119. The van der Waals surface area contributed by atoms with Crippen LogP contribution in [0.25, 0.3) is 0 Å². The fourth-order valence-electron chi connectivity index (χ4n) is 3.27. The molecule has 1 heterocycles. The topological polar surface area (TPSA) is 66.5 Å². The average Bonchev–Trinajstić information content (AvgIpc) is 3.13. The molecule has 0 saturated carbocycles. The third-order valence-corrected chi connectivity index (χ3v) is 6.69. The molecule has 1 aliphatic heterocycles. The molecule has 1 aliphatic rings. The summed E-state index contributed by atoms with van der Waals surface area (Å²) in [6.45, 7) is 4.31. The van der Waals surface area contributed by atoms with Gasteiger partial charge in [-0.3, -0.25) is 4.79 Å². The standard InChI is InChI=1S/C20H23FN2O3S/c1-14(2)15-7-5-8-16(13-15)22-20(24)18-10-6-12-23(18)27(25,26)19-11-4-3-9-17(19)21/h3-5,7-9,11,13-14,18H,6,10,12H2,1-2H3,(H,22,24). The number of amides is 1. The van der Waals surface area contributed by atoms with Gasteiger partial charge in [0, 0.05) is 12.2 Å². The van der Waals surface area contributed by atoms with Crippen LogP contribution in [-0.2, 0) is 14.8 Å². The lowest BCUT2D eigenvalue weighted by Gasteiger charge is -2.23. The maximum atomic E-state index is 14.0. The van der Waals surface area contributed by atoms with Gasteiger partial charge >= 0.3 is 0 Å². The fourth-order valence-corrected chi connectivity index (χ4v) is 4.99. The van der Waals surface area contributed by atoms with E-state index in [2.05, 4.69) is 19.2 Å². The smallest absolute Gasteiger partial charge is 0.246 e. The van der Waals surface area contributed by atoms with E-state index in [4.69, 9.17) is 0 Å². The number of hydrogen-bond acceptors (Lipinski definition) is 3. The van der Waals surface area contributed by atoms with Crippen LogP contribution in [0.2, 0.25) is 0 Å². The third-order valence-electron chi connectivity index (χ3n) is 4.75. The first-order valence-electron chi connectivity index (χ1n) is 8.98. The van der Waals surface area contributed by atoms with Gasteiger partial charge in [0.1, 0.15) is 16.8 Å². The van der Waals surface area contributed by atoms with E-state index < -0.39 is 32.7 Å². The number of sulfonamides is 1. The number of anilines is 1. The van der Waals surface area contributed by atoms with E-state index in [0.717, 1.165) is 15.9 Å². The SMILES string of the molecule is CC(C)c1cccc(NC(=O)C2CCCN2S(=O)(=O)c2ccccc2F)c1. The molecule has 5 nitrogen and oxygen atoms in total. The molecule has 1 unspecified atom stereocenters. The van der Waals surface area contributed by atoms with Gasteiger partial charge in [-0.2, -0.15) is 4.31 Å². The van der Waals surface area contributed by atoms with Crippen LogP contribution in [-0.4, -0.2) is 31.2 Å². The third kappa shape index (κ3) is 4.04. The first-order chi connectivity index (χ1) is 12.8. The van der Waals surface area contributed by atoms with Gasteiger partial charge in [-0.05, 0) is 48.6 Å². The van der Waals surface area contributed by atoms with Crippen LogP contribution >= 0.6 is 0 Å². The van der Waals surface area contributed by atoms with E-state index >= 15 is 0 Å². The molecule has 1 atom stereocenters. The van der Waals surface area contributed by atoms with Crippen molar-refractivity contribution in [2.75, 3.05) is 11.9 Å². The van der Waals surface area contributed by atoms with Gasteiger partial charge < -0.3 is 5.32 Å². The number of hydrogen-bond donors (Lipinski definition) is 1. The summed E-state index contributed by atoms with van der Waals surface area (Å²) in [6, 6.07) is 11.9. The number of nitrogens with zero attached hydrogens (tertiary/aromatic N) is 1. The van der Waals surface area contributed by atoms with Crippen molar-refractivity contribution in [2.24, 2.45) is 0 Å². The van der Waals surface area contributed by atoms with Gasteiger partial charge in [0.25, 0.3) is 0 Å². The summed E-state index contributed by atoms with van der Waals surface area (Å²) in [4.78, 5) is 12.4. The number of benzene rings is 2. The van der Waals surface area contributed by atoms with E-state index in [1.807, 2.05) is 18.2 Å². The Bertz CT molecular complexity index is 944. The number of rotatable bonds is 5. The van der Waals surface area contributed by atoms with Gasteiger partial charge in [-0.1, -0.05) is 38.1 Å². The zero-order valence-electron chi connectivity index (χ0n) is 15.4. The summed E-state index contributed by atoms with van der Waals surface area (Å²) in [5, 5.41) is 2.81. The molecular weight excluding hydrogens is 367 g/mol. The highest BCUT2D eigenvalue weighted by Gasteiger charge is 2.40. The second-order valence-corrected chi connectivity index (χ2v) is 8.83. The van der Waals surface area contributed by atoms with Crippen molar-refractivity contribution in [3.63, 3.8) is 0 Å². The summed E-state index contributed by atoms with van der Waals surface area (Å²) >= 11 is 0. The summed E-state index contributed by atoms with van der Waals surface area (Å²) in [7, 11) is -4.08. The van der Waals surface area contributed by atoms with Crippen LogP contribution < -0.4 is 5.32 Å². The minimum absolute atomic E-state index is 0.195. The lowest BCUT2D eigenvalue weighted by Crippen LogP contribution is -2.43. The quantitative estimate of drug-likeness (QED) is 0.846. The van der Waals surface area contributed by atoms with Crippen molar-refractivity contribution in [1.82, 2.24) is 4.31 Å². The van der Waals surface area contributed by atoms with Crippen molar-refractivity contribution in [3.05, 3.63) is 59.9 Å². The largest absolute Gasteiger partial charge is 0.325 e. The zero-order chi connectivity index (χ0) is 19.6.